The van der Waals surface area contributed by atoms with Gasteiger partial charge < -0.3 is 15.1 Å². The van der Waals surface area contributed by atoms with Gasteiger partial charge in [0.2, 0.25) is 0 Å². The summed E-state index contributed by atoms with van der Waals surface area (Å²) < 4.78 is 0. The molecule has 6 heteroatoms. The first-order valence-electron chi connectivity index (χ1n) is 4.90. The van der Waals surface area contributed by atoms with Gasteiger partial charge in [0.1, 0.15) is 5.52 Å². The minimum atomic E-state index is -1.51. The molecule has 16 heavy (non-hydrogen) atoms. The number of aryl methyl sites for hydroxylation is 1. The Morgan fingerprint density at radius 1 is 1.38 bits per heavy atom. The summed E-state index contributed by atoms with van der Waals surface area (Å²) in [5.41, 5.74) is 3.52. The maximum Gasteiger partial charge on any atom is 0.180 e. The summed E-state index contributed by atoms with van der Waals surface area (Å²) in [5.74, 6) is 0. The number of hydrogen-bond acceptors (Lipinski definition) is 5. The lowest BCUT2D eigenvalue weighted by atomic mass is 10.0. The Morgan fingerprint density at radius 2 is 2.06 bits per heavy atom. The van der Waals surface area contributed by atoms with Crippen molar-refractivity contribution in [3.8, 4) is 0 Å². The van der Waals surface area contributed by atoms with Gasteiger partial charge in [0, 0.05) is 30.9 Å². The van der Waals surface area contributed by atoms with E-state index in [1.54, 1.807) is 6.07 Å². The predicted octanol–water partition coefficient (Wildman–Crippen LogP) is 0.316. The van der Waals surface area contributed by atoms with Crippen molar-refractivity contribution < 1.29 is 10.2 Å². The standard InChI is InChI=1S/C10H14N4O2/c1-5-8-7(11-13-12-8)4-6(10(15)16)9(5)14(2)3/h4,10,15-16H,1-3H3,(H,11,12,13). The van der Waals surface area contributed by atoms with Gasteiger partial charge in [-0.1, -0.05) is 5.21 Å². The molecule has 0 spiro atoms. The van der Waals surface area contributed by atoms with Crippen molar-refractivity contribution in [1.29, 1.82) is 0 Å². The zero-order chi connectivity index (χ0) is 11.9. The number of rotatable bonds is 2. The van der Waals surface area contributed by atoms with Gasteiger partial charge in [-0.15, -0.1) is 5.10 Å². The number of H-pyrrole nitrogens is 1. The van der Waals surface area contributed by atoms with Crippen LogP contribution in [0.25, 0.3) is 11.0 Å². The molecule has 1 aromatic heterocycles. The average molecular weight is 222 g/mol. The molecule has 1 heterocycles. The topological polar surface area (TPSA) is 85.3 Å². The number of nitrogens with zero attached hydrogens (tertiary/aromatic N) is 3. The molecule has 0 bridgehead atoms. The van der Waals surface area contributed by atoms with E-state index < -0.39 is 6.29 Å². The predicted molar refractivity (Wildman–Crippen MR) is 60.1 cm³/mol. The lowest BCUT2D eigenvalue weighted by Gasteiger charge is -2.21. The molecule has 0 atom stereocenters. The summed E-state index contributed by atoms with van der Waals surface area (Å²) in [6, 6.07) is 1.66. The SMILES string of the molecule is Cc1c(N(C)C)c(C(O)O)cc2[nH]nnc12. The van der Waals surface area contributed by atoms with Crippen molar-refractivity contribution >= 4 is 16.7 Å². The van der Waals surface area contributed by atoms with Crippen molar-refractivity contribution in [2.45, 2.75) is 13.2 Å². The minimum Gasteiger partial charge on any atom is -0.377 e. The lowest BCUT2D eigenvalue weighted by Crippen LogP contribution is -2.15. The summed E-state index contributed by atoms with van der Waals surface area (Å²) in [5, 5.41) is 29.1. The van der Waals surface area contributed by atoms with Gasteiger partial charge in [-0.05, 0) is 13.0 Å². The first-order chi connectivity index (χ1) is 7.52. The highest BCUT2D eigenvalue weighted by Crippen LogP contribution is 2.32. The molecule has 0 aliphatic rings. The third-order valence-electron chi connectivity index (χ3n) is 2.58. The van der Waals surface area contributed by atoms with Crippen LogP contribution < -0.4 is 4.90 Å². The van der Waals surface area contributed by atoms with Gasteiger partial charge in [-0.3, -0.25) is 5.10 Å². The first-order valence-corrected chi connectivity index (χ1v) is 4.90. The number of benzene rings is 1. The van der Waals surface area contributed by atoms with E-state index in [4.69, 9.17) is 0 Å². The molecular formula is C10H14N4O2. The molecular weight excluding hydrogens is 208 g/mol. The monoisotopic (exact) mass is 222 g/mol. The third-order valence-corrected chi connectivity index (χ3v) is 2.58. The van der Waals surface area contributed by atoms with Crippen LogP contribution in [-0.4, -0.2) is 39.7 Å². The Labute approximate surface area is 92.5 Å². The number of aliphatic hydroxyl groups is 2. The van der Waals surface area contributed by atoms with Crippen LogP contribution in [0.5, 0.6) is 0 Å². The first kappa shape index (κ1) is 10.8. The summed E-state index contributed by atoms with van der Waals surface area (Å²) in [6.07, 6.45) is -1.51. The van der Waals surface area contributed by atoms with Gasteiger partial charge in [0.05, 0.1) is 5.52 Å². The zero-order valence-corrected chi connectivity index (χ0v) is 9.39. The van der Waals surface area contributed by atoms with Gasteiger partial charge in [0.25, 0.3) is 0 Å². The smallest absolute Gasteiger partial charge is 0.180 e. The molecule has 0 aliphatic carbocycles. The molecule has 6 nitrogen and oxygen atoms in total. The summed E-state index contributed by atoms with van der Waals surface area (Å²) in [7, 11) is 3.69. The van der Waals surface area contributed by atoms with E-state index >= 15 is 0 Å². The van der Waals surface area contributed by atoms with Crippen LogP contribution in [0.1, 0.15) is 17.4 Å². The second-order valence-electron chi connectivity index (χ2n) is 3.92. The van der Waals surface area contributed by atoms with Crippen molar-refractivity contribution in [1.82, 2.24) is 15.4 Å². The Kier molecular flexibility index (Phi) is 2.53. The van der Waals surface area contributed by atoms with Crippen LogP contribution in [0.2, 0.25) is 0 Å². The number of fused-ring (bicyclic) bond motifs is 1. The highest BCUT2D eigenvalue weighted by atomic mass is 16.5. The second-order valence-corrected chi connectivity index (χ2v) is 3.92. The Hall–Kier alpha value is -1.66. The molecule has 0 saturated carbocycles. The van der Waals surface area contributed by atoms with Crippen LogP contribution in [0.15, 0.2) is 6.07 Å². The van der Waals surface area contributed by atoms with Gasteiger partial charge in [0.15, 0.2) is 6.29 Å². The van der Waals surface area contributed by atoms with Crippen molar-refractivity contribution in [3.05, 3.63) is 17.2 Å². The number of aromatic amines is 1. The van der Waals surface area contributed by atoms with Crippen LogP contribution in [0, 0.1) is 6.92 Å². The molecule has 2 aromatic rings. The summed E-state index contributed by atoms with van der Waals surface area (Å²) in [6.45, 7) is 1.88. The molecule has 0 aliphatic heterocycles. The number of aromatic nitrogens is 3. The Bertz CT molecular complexity index is 519. The Morgan fingerprint density at radius 3 is 2.62 bits per heavy atom. The van der Waals surface area contributed by atoms with E-state index in [9.17, 15) is 10.2 Å². The fraction of sp³-hybridized carbons (Fsp3) is 0.400. The molecule has 86 valence electrons. The highest BCUT2D eigenvalue weighted by molar-refractivity contribution is 5.85. The molecule has 2 rings (SSSR count). The number of hydrogen-bond donors (Lipinski definition) is 3. The maximum absolute atomic E-state index is 9.35. The summed E-state index contributed by atoms with van der Waals surface area (Å²) >= 11 is 0. The average Bonchev–Trinajstić information content (AvgIpc) is 2.64. The van der Waals surface area contributed by atoms with Crippen LogP contribution >= 0.6 is 0 Å². The quantitative estimate of drug-likeness (QED) is 0.637. The van der Waals surface area contributed by atoms with Crippen LogP contribution in [0.4, 0.5) is 5.69 Å². The van der Waals surface area contributed by atoms with E-state index in [0.29, 0.717) is 11.1 Å². The third kappa shape index (κ3) is 1.52. The molecule has 0 fully saturated rings. The fourth-order valence-corrected chi connectivity index (χ4v) is 1.96. The zero-order valence-electron chi connectivity index (χ0n) is 9.39. The van der Waals surface area contributed by atoms with Gasteiger partial charge in [-0.2, -0.15) is 0 Å². The number of anilines is 1. The summed E-state index contributed by atoms with van der Waals surface area (Å²) in [4.78, 5) is 1.83. The van der Waals surface area contributed by atoms with Crippen LogP contribution in [0.3, 0.4) is 0 Å². The van der Waals surface area contributed by atoms with Gasteiger partial charge >= 0.3 is 0 Å². The van der Waals surface area contributed by atoms with Crippen molar-refractivity contribution in [2.24, 2.45) is 0 Å². The van der Waals surface area contributed by atoms with Crippen molar-refractivity contribution in [2.75, 3.05) is 19.0 Å². The van der Waals surface area contributed by atoms with Gasteiger partial charge in [-0.25, -0.2) is 0 Å². The second kappa shape index (κ2) is 3.73. The molecule has 3 N–H and O–H groups in total. The van der Waals surface area contributed by atoms with E-state index in [1.165, 1.54) is 0 Å². The maximum atomic E-state index is 9.35. The highest BCUT2D eigenvalue weighted by Gasteiger charge is 2.18. The Balaban J connectivity index is 2.80. The molecule has 0 radical (unpaired) electrons. The normalized spacial score (nSPS) is 11.4. The largest absolute Gasteiger partial charge is 0.377 e. The molecule has 0 amide bonds. The van der Waals surface area contributed by atoms with Crippen LogP contribution in [-0.2, 0) is 0 Å². The van der Waals surface area contributed by atoms with E-state index in [1.807, 2.05) is 25.9 Å². The number of nitrogens with one attached hydrogen (secondary N) is 1. The minimum absolute atomic E-state index is 0.445. The van der Waals surface area contributed by atoms with E-state index in [2.05, 4.69) is 15.4 Å². The molecule has 1 aromatic carbocycles. The molecule has 0 saturated heterocycles. The number of aliphatic hydroxyl groups excluding tert-OH is 1. The lowest BCUT2D eigenvalue weighted by molar-refractivity contribution is -0.0420. The van der Waals surface area contributed by atoms with E-state index in [0.717, 1.165) is 16.8 Å². The van der Waals surface area contributed by atoms with E-state index in [-0.39, 0.29) is 0 Å². The molecule has 0 unspecified atom stereocenters. The van der Waals surface area contributed by atoms with Crippen molar-refractivity contribution in [3.63, 3.8) is 0 Å². The fourth-order valence-electron chi connectivity index (χ4n) is 1.96.